The number of benzene rings is 2. The summed E-state index contributed by atoms with van der Waals surface area (Å²) >= 11 is 0. The van der Waals surface area contributed by atoms with Gasteiger partial charge in [0, 0.05) is 29.9 Å². The molecule has 0 saturated carbocycles. The maximum atomic E-state index is 13.8. The van der Waals surface area contributed by atoms with Gasteiger partial charge in [-0.05, 0) is 54.6 Å². The van der Waals surface area contributed by atoms with Crippen LogP contribution >= 0.6 is 0 Å². The Bertz CT molecular complexity index is 1410. The van der Waals surface area contributed by atoms with Crippen molar-refractivity contribution >= 4 is 34.6 Å². The minimum absolute atomic E-state index is 0.0467. The molecule has 3 aromatic rings. The van der Waals surface area contributed by atoms with Crippen LogP contribution in [0, 0.1) is 5.92 Å². The number of carbonyl (C=O) groups is 4. The Kier molecular flexibility index (Phi) is 12.7. The molecule has 0 bridgehead atoms. The summed E-state index contributed by atoms with van der Waals surface area (Å²) < 4.78 is 0. The van der Waals surface area contributed by atoms with Gasteiger partial charge in [-0.2, -0.15) is 0 Å². The number of carboxylic acid groups (broad SMARTS) is 1. The largest absolute Gasteiger partial charge is 0.508 e. The summed E-state index contributed by atoms with van der Waals surface area (Å²) in [7, 11) is 0. The molecule has 0 saturated heterocycles. The van der Waals surface area contributed by atoms with Gasteiger partial charge in [-0.1, -0.05) is 57.0 Å². The Morgan fingerprint density at radius 2 is 1.52 bits per heavy atom. The summed E-state index contributed by atoms with van der Waals surface area (Å²) in [5.41, 5.74) is 13.9. The summed E-state index contributed by atoms with van der Waals surface area (Å²) in [4.78, 5) is 55.6. The molecule has 0 radical (unpaired) electrons. The highest BCUT2D eigenvalue weighted by molar-refractivity contribution is 5.95. The van der Waals surface area contributed by atoms with Crippen LogP contribution in [-0.2, 0) is 32.0 Å². The normalized spacial score (nSPS) is 14.6. The van der Waals surface area contributed by atoms with E-state index in [0.717, 1.165) is 16.5 Å². The topological polar surface area (TPSA) is 213 Å². The molecule has 0 fully saturated rings. The smallest absolute Gasteiger partial charge is 0.326 e. The summed E-state index contributed by atoms with van der Waals surface area (Å²) in [6.07, 6.45) is 4.12. The van der Waals surface area contributed by atoms with Crippen molar-refractivity contribution in [1.82, 2.24) is 20.9 Å². The number of amides is 3. The fourth-order valence-corrected chi connectivity index (χ4v) is 4.93. The van der Waals surface area contributed by atoms with E-state index in [1.165, 1.54) is 12.1 Å². The van der Waals surface area contributed by atoms with Gasteiger partial charge in [0.25, 0.3) is 0 Å². The molecule has 0 aliphatic rings. The zero-order chi connectivity index (χ0) is 32.2. The highest BCUT2D eigenvalue weighted by Gasteiger charge is 2.32. The molecule has 238 valence electrons. The zero-order valence-electron chi connectivity index (χ0n) is 25.2. The maximum absolute atomic E-state index is 13.8. The number of para-hydroxylation sites is 1. The van der Waals surface area contributed by atoms with Gasteiger partial charge < -0.3 is 42.6 Å². The quantitative estimate of drug-likeness (QED) is 0.105. The molecule has 2 aromatic carbocycles. The standard InChI is InChI=1S/C32H44N6O6/c1-3-19(2)28(32(43)44)38-31(42)27(17-21-18-35-25-10-5-4-8-23(21)25)37-30(41)26(16-20-11-13-22(39)14-12-20)36-29(40)24(34)9-6-7-15-33/h4-5,8,10-14,18-19,24,26-28,35,39H,3,6-7,9,15-17,33-34H2,1-2H3,(H,36,40)(H,37,41)(H,38,42)(H,43,44). The molecule has 12 heteroatoms. The molecule has 5 atom stereocenters. The molecule has 5 unspecified atom stereocenters. The van der Waals surface area contributed by atoms with Crippen molar-refractivity contribution < 1.29 is 29.4 Å². The Balaban J connectivity index is 1.90. The van der Waals surface area contributed by atoms with Crippen LogP contribution < -0.4 is 27.4 Å². The van der Waals surface area contributed by atoms with Crippen molar-refractivity contribution in [1.29, 1.82) is 0 Å². The highest BCUT2D eigenvalue weighted by atomic mass is 16.4. The SMILES string of the molecule is CCC(C)C(NC(=O)C(Cc1c[nH]c2ccccc12)NC(=O)C(Cc1ccc(O)cc1)NC(=O)C(N)CCCCN)C(=O)O. The first-order chi connectivity index (χ1) is 21.0. The van der Waals surface area contributed by atoms with Crippen LogP contribution in [0.5, 0.6) is 5.75 Å². The second-order valence-corrected chi connectivity index (χ2v) is 11.2. The highest BCUT2D eigenvalue weighted by Crippen LogP contribution is 2.20. The number of hydrogen-bond donors (Lipinski definition) is 8. The number of fused-ring (bicyclic) bond motifs is 1. The number of aromatic nitrogens is 1. The van der Waals surface area contributed by atoms with Gasteiger partial charge in [0.05, 0.1) is 6.04 Å². The van der Waals surface area contributed by atoms with Crippen molar-refractivity contribution in [2.24, 2.45) is 17.4 Å². The molecule has 12 nitrogen and oxygen atoms in total. The van der Waals surface area contributed by atoms with Gasteiger partial charge in [0.2, 0.25) is 17.7 Å². The number of rotatable bonds is 17. The molecule has 0 aliphatic carbocycles. The number of aromatic hydroxyl groups is 1. The minimum atomic E-state index is -1.18. The fraction of sp³-hybridized carbons (Fsp3) is 0.438. The Hall–Kier alpha value is -4.42. The Morgan fingerprint density at radius 1 is 0.886 bits per heavy atom. The lowest BCUT2D eigenvalue weighted by atomic mass is 9.97. The summed E-state index contributed by atoms with van der Waals surface area (Å²) in [5.74, 6) is -3.32. The van der Waals surface area contributed by atoms with Gasteiger partial charge in [-0.15, -0.1) is 0 Å². The van der Waals surface area contributed by atoms with E-state index < -0.39 is 47.9 Å². The van der Waals surface area contributed by atoms with E-state index in [0.29, 0.717) is 37.8 Å². The van der Waals surface area contributed by atoms with Gasteiger partial charge in [0.15, 0.2) is 0 Å². The van der Waals surface area contributed by atoms with Crippen LogP contribution in [0.1, 0.15) is 50.7 Å². The summed E-state index contributed by atoms with van der Waals surface area (Å²) in [5, 5.41) is 28.5. The van der Waals surface area contributed by atoms with Gasteiger partial charge >= 0.3 is 5.97 Å². The van der Waals surface area contributed by atoms with Crippen molar-refractivity contribution in [3.8, 4) is 5.75 Å². The van der Waals surface area contributed by atoms with E-state index in [1.54, 1.807) is 25.3 Å². The maximum Gasteiger partial charge on any atom is 0.326 e. The molecular formula is C32H44N6O6. The molecule has 1 heterocycles. The lowest BCUT2D eigenvalue weighted by Gasteiger charge is -2.26. The number of aromatic amines is 1. The van der Waals surface area contributed by atoms with E-state index in [2.05, 4.69) is 20.9 Å². The first-order valence-electron chi connectivity index (χ1n) is 15.0. The lowest BCUT2D eigenvalue weighted by Crippen LogP contribution is -2.58. The van der Waals surface area contributed by atoms with Crippen LogP contribution in [0.4, 0.5) is 0 Å². The molecule has 3 amide bonds. The van der Waals surface area contributed by atoms with Crippen LogP contribution in [0.25, 0.3) is 10.9 Å². The number of H-pyrrole nitrogens is 1. The Morgan fingerprint density at radius 3 is 2.18 bits per heavy atom. The third-order valence-electron chi connectivity index (χ3n) is 7.82. The van der Waals surface area contributed by atoms with Gasteiger partial charge in [-0.3, -0.25) is 14.4 Å². The number of nitrogens with two attached hydrogens (primary N) is 2. The van der Waals surface area contributed by atoms with Crippen LogP contribution in [0.15, 0.2) is 54.7 Å². The predicted molar refractivity (Wildman–Crippen MR) is 168 cm³/mol. The number of carbonyl (C=O) groups excluding carboxylic acids is 3. The van der Waals surface area contributed by atoms with Crippen molar-refractivity contribution in [2.75, 3.05) is 6.54 Å². The number of phenolic OH excluding ortho intramolecular Hbond substituents is 1. The molecule has 0 spiro atoms. The molecule has 0 aliphatic heterocycles. The van der Waals surface area contributed by atoms with Crippen molar-refractivity contribution in [2.45, 2.75) is 76.5 Å². The number of nitrogens with one attached hydrogen (secondary N) is 4. The zero-order valence-corrected chi connectivity index (χ0v) is 25.2. The molecule has 44 heavy (non-hydrogen) atoms. The lowest BCUT2D eigenvalue weighted by molar-refractivity contribution is -0.143. The number of phenols is 1. The molecule has 1 aromatic heterocycles. The third kappa shape index (κ3) is 9.55. The number of aliphatic carboxylic acids is 1. The van der Waals surface area contributed by atoms with Gasteiger partial charge in [-0.25, -0.2) is 4.79 Å². The van der Waals surface area contributed by atoms with Gasteiger partial charge in [0.1, 0.15) is 23.9 Å². The predicted octanol–water partition coefficient (Wildman–Crippen LogP) is 1.70. The number of unbranched alkanes of at least 4 members (excludes halogenated alkanes) is 1. The van der Waals surface area contributed by atoms with E-state index >= 15 is 0 Å². The first-order valence-corrected chi connectivity index (χ1v) is 15.0. The van der Waals surface area contributed by atoms with E-state index in [4.69, 9.17) is 11.5 Å². The first kappa shape index (κ1) is 34.1. The summed E-state index contributed by atoms with van der Waals surface area (Å²) in [6.45, 7) is 4.03. The fourth-order valence-electron chi connectivity index (χ4n) is 4.93. The number of hydrogen-bond acceptors (Lipinski definition) is 7. The van der Waals surface area contributed by atoms with E-state index in [9.17, 15) is 29.4 Å². The monoisotopic (exact) mass is 608 g/mol. The second kappa shape index (κ2) is 16.4. The van der Waals surface area contributed by atoms with Crippen LogP contribution in [-0.4, -0.2) is 69.6 Å². The van der Waals surface area contributed by atoms with E-state index in [1.807, 2.05) is 31.2 Å². The second-order valence-electron chi connectivity index (χ2n) is 11.2. The summed E-state index contributed by atoms with van der Waals surface area (Å²) in [6, 6.07) is 9.39. The number of carboxylic acids is 1. The Labute approximate surface area is 257 Å². The van der Waals surface area contributed by atoms with Crippen molar-refractivity contribution in [3.63, 3.8) is 0 Å². The third-order valence-corrected chi connectivity index (χ3v) is 7.82. The molecule has 3 rings (SSSR count). The van der Waals surface area contributed by atoms with Crippen molar-refractivity contribution in [3.05, 3.63) is 65.9 Å². The average Bonchev–Trinajstić information content (AvgIpc) is 3.42. The molecule has 10 N–H and O–H groups in total. The van der Waals surface area contributed by atoms with Crippen LogP contribution in [0.3, 0.4) is 0 Å². The molecular weight excluding hydrogens is 564 g/mol. The van der Waals surface area contributed by atoms with Crippen LogP contribution in [0.2, 0.25) is 0 Å². The van der Waals surface area contributed by atoms with E-state index in [-0.39, 0.29) is 24.5 Å². The average molecular weight is 609 g/mol. The minimum Gasteiger partial charge on any atom is -0.508 e.